The van der Waals surface area contributed by atoms with Crippen molar-refractivity contribution < 1.29 is 18.7 Å². The van der Waals surface area contributed by atoms with Crippen LogP contribution in [0.5, 0.6) is 11.7 Å². The van der Waals surface area contributed by atoms with Crippen molar-refractivity contribution in [2.75, 3.05) is 50.8 Å². The molecule has 0 saturated carbocycles. The Labute approximate surface area is 170 Å². The number of furan rings is 1. The van der Waals surface area contributed by atoms with Gasteiger partial charge < -0.3 is 29.0 Å². The van der Waals surface area contributed by atoms with Crippen molar-refractivity contribution in [1.82, 2.24) is 10.2 Å². The number of anilines is 1. The number of benzene rings is 1. The first-order chi connectivity index (χ1) is 14.2. The molecule has 4 saturated heterocycles. The number of morpholine rings is 1. The summed E-state index contributed by atoms with van der Waals surface area (Å²) in [7, 11) is 0. The van der Waals surface area contributed by atoms with E-state index in [0.717, 1.165) is 38.5 Å². The fourth-order valence-corrected chi connectivity index (χ4v) is 4.52. The quantitative estimate of drug-likeness (QED) is 0.837. The molecule has 2 bridgehead atoms. The van der Waals surface area contributed by atoms with Gasteiger partial charge in [-0.2, -0.15) is 0 Å². The number of rotatable bonds is 5. The lowest BCUT2D eigenvalue weighted by molar-refractivity contribution is 0.0620. The second-order valence-corrected chi connectivity index (χ2v) is 8.07. The molecule has 1 aromatic heterocycles. The Hall–Kier alpha value is -2.51. The molecule has 1 atom stereocenters. The molecule has 6 rings (SSSR count). The lowest BCUT2D eigenvalue weighted by Crippen LogP contribution is -2.57. The Kier molecular flexibility index (Phi) is 5.16. The van der Waals surface area contributed by atoms with Gasteiger partial charge in [0, 0.05) is 37.3 Å². The summed E-state index contributed by atoms with van der Waals surface area (Å²) < 4.78 is 16.7. The fraction of sp³-hybridized carbons (Fsp3) is 0.500. The molecule has 7 nitrogen and oxygen atoms in total. The molecule has 1 aromatic carbocycles. The van der Waals surface area contributed by atoms with Gasteiger partial charge in [0.1, 0.15) is 12.0 Å². The summed E-state index contributed by atoms with van der Waals surface area (Å²) in [6.07, 6.45) is 4.08. The summed E-state index contributed by atoms with van der Waals surface area (Å²) in [6.45, 7) is 6.47. The van der Waals surface area contributed by atoms with E-state index >= 15 is 0 Å². The first-order valence-electron chi connectivity index (χ1n) is 10.5. The number of nitrogens with zero attached hydrogens (tertiary/aromatic N) is 2. The van der Waals surface area contributed by atoms with Gasteiger partial charge >= 0.3 is 0 Å². The van der Waals surface area contributed by atoms with Crippen LogP contribution in [0.3, 0.4) is 0 Å². The van der Waals surface area contributed by atoms with Crippen molar-refractivity contribution in [1.29, 1.82) is 0 Å². The van der Waals surface area contributed by atoms with Crippen LogP contribution in [0.25, 0.3) is 0 Å². The molecule has 5 heterocycles. The summed E-state index contributed by atoms with van der Waals surface area (Å²) in [5, 5.41) is 3.22. The van der Waals surface area contributed by atoms with E-state index in [9.17, 15) is 4.79 Å². The van der Waals surface area contributed by atoms with Crippen LogP contribution in [-0.2, 0) is 4.74 Å². The number of carbonyl (C=O) groups excluding carboxylic acids is 1. The maximum absolute atomic E-state index is 12.6. The van der Waals surface area contributed by atoms with Crippen LogP contribution in [0.2, 0.25) is 0 Å². The standard InChI is InChI=1S/C22H27N3O4/c26-22(23-20-14-24-7-5-16(20)6-8-24)17-1-3-19(4-2-17)29-21-13-18(15-28-21)25-9-11-27-12-10-25/h1-4,13,15-16,20H,5-12,14H2,(H,23,26). The van der Waals surface area contributed by atoms with Crippen LogP contribution < -0.4 is 15.0 Å². The Balaban J connectivity index is 1.18. The molecule has 1 amide bonds. The van der Waals surface area contributed by atoms with Crippen molar-refractivity contribution in [3.63, 3.8) is 0 Å². The van der Waals surface area contributed by atoms with Gasteiger partial charge in [0.2, 0.25) is 0 Å². The Bertz CT molecular complexity index is 836. The number of hydrogen-bond donors (Lipinski definition) is 1. The minimum atomic E-state index is -0.0112. The minimum Gasteiger partial charge on any atom is -0.432 e. The summed E-state index contributed by atoms with van der Waals surface area (Å²) >= 11 is 0. The fourth-order valence-electron chi connectivity index (χ4n) is 4.52. The number of carbonyl (C=O) groups is 1. The van der Waals surface area contributed by atoms with E-state index in [1.54, 1.807) is 18.4 Å². The van der Waals surface area contributed by atoms with E-state index in [1.807, 2.05) is 18.2 Å². The third-order valence-electron chi connectivity index (χ3n) is 6.25. The topological polar surface area (TPSA) is 67.2 Å². The Morgan fingerprint density at radius 1 is 1.07 bits per heavy atom. The van der Waals surface area contributed by atoms with Crippen molar-refractivity contribution in [3.05, 3.63) is 42.2 Å². The molecule has 2 aromatic rings. The second-order valence-electron chi connectivity index (χ2n) is 8.07. The number of nitrogens with one attached hydrogen (secondary N) is 1. The van der Waals surface area contributed by atoms with Crippen LogP contribution in [0.4, 0.5) is 5.69 Å². The van der Waals surface area contributed by atoms with Gasteiger partial charge in [-0.3, -0.25) is 4.79 Å². The van der Waals surface area contributed by atoms with E-state index in [1.165, 1.54) is 25.9 Å². The predicted octanol–water partition coefficient (Wildman–Crippen LogP) is 2.73. The normalized spacial score (nSPS) is 26.3. The Morgan fingerprint density at radius 3 is 2.52 bits per heavy atom. The van der Waals surface area contributed by atoms with E-state index < -0.39 is 0 Å². The number of amides is 1. The maximum Gasteiger partial charge on any atom is 0.291 e. The van der Waals surface area contributed by atoms with E-state index in [2.05, 4.69) is 15.1 Å². The summed E-state index contributed by atoms with van der Waals surface area (Å²) in [5.74, 6) is 1.69. The highest BCUT2D eigenvalue weighted by atomic mass is 16.6. The number of ether oxygens (including phenoxy) is 2. The second kappa shape index (κ2) is 8.08. The summed E-state index contributed by atoms with van der Waals surface area (Å²) in [4.78, 5) is 17.3. The molecule has 4 aliphatic heterocycles. The van der Waals surface area contributed by atoms with Gasteiger partial charge in [0.05, 0.1) is 18.9 Å². The van der Waals surface area contributed by atoms with Gasteiger partial charge in [0.15, 0.2) is 0 Å². The summed E-state index contributed by atoms with van der Waals surface area (Å²) in [5.41, 5.74) is 1.65. The maximum atomic E-state index is 12.6. The van der Waals surface area contributed by atoms with Gasteiger partial charge in [-0.05, 0) is 56.1 Å². The van der Waals surface area contributed by atoms with Crippen LogP contribution in [0.1, 0.15) is 23.2 Å². The van der Waals surface area contributed by atoms with Crippen LogP contribution in [0.15, 0.2) is 41.0 Å². The molecule has 29 heavy (non-hydrogen) atoms. The molecule has 1 N–H and O–H groups in total. The highest BCUT2D eigenvalue weighted by Crippen LogP contribution is 2.30. The molecule has 154 valence electrons. The van der Waals surface area contributed by atoms with Crippen LogP contribution in [0, 0.1) is 5.92 Å². The van der Waals surface area contributed by atoms with E-state index in [4.69, 9.17) is 13.9 Å². The zero-order chi connectivity index (χ0) is 19.6. The monoisotopic (exact) mass is 397 g/mol. The lowest BCUT2D eigenvalue weighted by Gasteiger charge is -2.44. The first kappa shape index (κ1) is 18.5. The number of fused-ring (bicyclic) bond motifs is 3. The average molecular weight is 397 g/mol. The largest absolute Gasteiger partial charge is 0.432 e. The molecule has 7 heteroatoms. The molecular weight excluding hydrogens is 370 g/mol. The number of piperidine rings is 3. The van der Waals surface area contributed by atoms with Gasteiger partial charge in [-0.1, -0.05) is 0 Å². The third kappa shape index (κ3) is 4.11. The SMILES string of the molecule is O=C(NC1CN2CCC1CC2)c1ccc(Oc2cc(N3CCOCC3)co2)cc1. The van der Waals surface area contributed by atoms with Crippen molar-refractivity contribution in [3.8, 4) is 11.7 Å². The molecule has 0 aliphatic carbocycles. The van der Waals surface area contributed by atoms with E-state index in [-0.39, 0.29) is 11.9 Å². The van der Waals surface area contributed by atoms with Crippen molar-refractivity contribution >= 4 is 11.6 Å². The predicted molar refractivity (Wildman–Crippen MR) is 109 cm³/mol. The van der Waals surface area contributed by atoms with E-state index in [0.29, 0.717) is 23.2 Å². The summed E-state index contributed by atoms with van der Waals surface area (Å²) in [6, 6.07) is 9.38. The highest BCUT2D eigenvalue weighted by molar-refractivity contribution is 5.94. The zero-order valence-corrected chi connectivity index (χ0v) is 16.5. The average Bonchev–Trinajstić information content (AvgIpc) is 3.24. The number of hydrogen-bond acceptors (Lipinski definition) is 6. The zero-order valence-electron chi connectivity index (χ0n) is 16.5. The third-order valence-corrected chi connectivity index (χ3v) is 6.25. The van der Waals surface area contributed by atoms with Crippen LogP contribution >= 0.6 is 0 Å². The molecule has 0 radical (unpaired) electrons. The first-order valence-corrected chi connectivity index (χ1v) is 10.5. The van der Waals surface area contributed by atoms with Gasteiger partial charge in [-0.25, -0.2) is 0 Å². The van der Waals surface area contributed by atoms with Gasteiger partial charge in [0.25, 0.3) is 11.9 Å². The Morgan fingerprint density at radius 2 is 1.83 bits per heavy atom. The lowest BCUT2D eigenvalue weighted by atomic mass is 9.84. The molecule has 1 unspecified atom stereocenters. The van der Waals surface area contributed by atoms with Crippen LogP contribution in [-0.4, -0.2) is 62.8 Å². The smallest absolute Gasteiger partial charge is 0.291 e. The van der Waals surface area contributed by atoms with Gasteiger partial charge in [-0.15, -0.1) is 0 Å². The van der Waals surface area contributed by atoms with Crippen molar-refractivity contribution in [2.45, 2.75) is 18.9 Å². The molecular formula is C22H27N3O4. The minimum absolute atomic E-state index is 0.0112. The highest BCUT2D eigenvalue weighted by Gasteiger charge is 2.34. The molecule has 0 spiro atoms. The van der Waals surface area contributed by atoms with Crippen molar-refractivity contribution in [2.24, 2.45) is 5.92 Å². The molecule has 4 aliphatic rings. The molecule has 4 fully saturated rings.